The van der Waals surface area contributed by atoms with Gasteiger partial charge in [0.05, 0.1) is 19.3 Å². The molecule has 1 atom stereocenters. The Morgan fingerprint density at radius 3 is 2.26 bits per heavy atom. The van der Waals surface area contributed by atoms with Crippen molar-refractivity contribution in [3.8, 4) is 0 Å². The van der Waals surface area contributed by atoms with Crippen LogP contribution in [0.5, 0.6) is 0 Å². The van der Waals surface area contributed by atoms with Crippen LogP contribution >= 0.6 is 0 Å². The average Bonchev–Trinajstić information content (AvgIpc) is 2.36. The van der Waals surface area contributed by atoms with E-state index >= 15 is 0 Å². The van der Waals surface area contributed by atoms with Crippen LogP contribution in [-0.4, -0.2) is 31.4 Å². The molecule has 0 amide bonds. The highest BCUT2D eigenvalue weighted by Gasteiger charge is 2.32. The number of rotatable bonds is 6. The van der Waals surface area contributed by atoms with Crippen molar-refractivity contribution in [2.75, 3.05) is 26.3 Å². The van der Waals surface area contributed by atoms with Gasteiger partial charge in [0, 0.05) is 18.5 Å². The monoisotopic (exact) mass is 263 g/mol. The highest BCUT2D eigenvalue weighted by Crippen LogP contribution is 2.25. The maximum Gasteiger partial charge on any atom is 0.0914 e. The zero-order valence-electron chi connectivity index (χ0n) is 12.1. The molecule has 3 heteroatoms. The number of aliphatic hydroxyl groups excluding tert-OH is 1. The van der Waals surface area contributed by atoms with Gasteiger partial charge in [-0.2, -0.15) is 0 Å². The zero-order valence-corrected chi connectivity index (χ0v) is 12.1. The lowest BCUT2D eigenvalue weighted by Crippen LogP contribution is -2.47. The SMILES string of the molecule is CC(C)c1ccc(C(O)CNCC2(C)COC2)cc1. The molecule has 1 fully saturated rings. The van der Waals surface area contributed by atoms with Crippen LogP contribution in [0.15, 0.2) is 24.3 Å². The number of nitrogens with one attached hydrogen (secondary N) is 1. The Morgan fingerprint density at radius 2 is 1.79 bits per heavy atom. The fourth-order valence-electron chi connectivity index (χ4n) is 2.28. The Labute approximate surface area is 116 Å². The first-order valence-electron chi connectivity index (χ1n) is 7.06. The molecule has 1 unspecified atom stereocenters. The number of benzene rings is 1. The topological polar surface area (TPSA) is 41.5 Å². The van der Waals surface area contributed by atoms with Crippen molar-refractivity contribution in [3.63, 3.8) is 0 Å². The first kappa shape index (κ1) is 14.5. The number of ether oxygens (including phenoxy) is 1. The molecule has 0 spiro atoms. The lowest BCUT2D eigenvalue weighted by molar-refractivity contribution is -0.0996. The summed E-state index contributed by atoms with van der Waals surface area (Å²) in [6.07, 6.45) is -0.439. The van der Waals surface area contributed by atoms with Gasteiger partial charge in [0.2, 0.25) is 0 Å². The molecule has 1 aromatic rings. The van der Waals surface area contributed by atoms with Crippen LogP contribution in [0.3, 0.4) is 0 Å². The summed E-state index contributed by atoms with van der Waals surface area (Å²) in [5, 5.41) is 13.5. The van der Waals surface area contributed by atoms with Gasteiger partial charge >= 0.3 is 0 Å². The minimum absolute atomic E-state index is 0.251. The van der Waals surface area contributed by atoms with E-state index in [4.69, 9.17) is 4.74 Å². The van der Waals surface area contributed by atoms with Crippen molar-refractivity contribution < 1.29 is 9.84 Å². The molecule has 19 heavy (non-hydrogen) atoms. The third-order valence-electron chi connectivity index (χ3n) is 3.78. The normalized spacial score (nSPS) is 19.2. The maximum absolute atomic E-state index is 10.1. The summed E-state index contributed by atoms with van der Waals surface area (Å²) in [5.74, 6) is 0.530. The summed E-state index contributed by atoms with van der Waals surface area (Å²) in [5.41, 5.74) is 2.54. The van der Waals surface area contributed by atoms with Gasteiger partial charge in [0.1, 0.15) is 0 Å². The molecule has 3 nitrogen and oxygen atoms in total. The predicted octanol–water partition coefficient (Wildman–Crippen LogP) is 2.47. The number of hydrogen-bond donors (Lipinski definition) is 2. The fraction of sp³-hybridized carbons (Fsp3) is 0.625. The molecular weight excluding hydrogens is 238 g/mol. The van der Waals surface area contributed by atoms with Gasteiger partial charge in [-0.3, -0.25) is 0 Å². The molecule has 0 bridgehead atoms. The first-order valence-corrected chi connectivity index (χ1v) is 7.06. The van der Waals surface area contributed by atoms with Crippen LogP contribution in [0.2, 0.25) is 0 Å². The van der Waals surface area contributed by atoms with Gasteiger partial charge in [0.15, 0.2) is 0 Å². The van der Waals surface area contributed by atoms with Gasteiger partial charge in [-0.25, -0.2) is 0 Å². The summed E-state index contributed by atoms with van der Waals surface area (Å²) in [6, 6.07) is 8.25. The lowest BCUT2D eigenvalue weighted by atomic mass is 9.88. The standard InChI is InChI=1S/C16H25NO2/c1-12(2)13-4-6-14(7-5-13)15(18)8-17-9-16(3)10-19-11-16/h4-7,12,15,17-18H,8-11H2,1-3H3. The molecule has 1 aromatic carbocycles. The summed E-state index contributed by atoms with van der Waals surface area (Å²) < 4.78 is 5.21. The third-order valence-corrected chi connectivity index (χ3v) is 3.78. The van der Waals surface area contributed by atoms with E-state index in [1.807, 2.05) is 12.1 Å². The predicted molar refractivity (Wildman–Crippen MR) is 77.3 cm³/mol. The van der Waals surface area contributed by atoms with Crippen molar-refractivity contribution in [1.29, 1.82) is 0 Å². The minimum atomic E-state index is -0.439. The Bertz CT molecular complexity index is 396. The van der Waals surface area contributed by atoms with Crippen LogP contribution in [0.25, 0.3) is 0 Å². The smallest absolute Gasteiger partial charge is 0.0914 e. The highest BCUT2D eigenvalue weighted by atomic mass is 16.5. The van der Waals surface area contributed by atoms with E-state index in [0.29, 0.717) is 12.5 Å². The van der Waals surface area contributed by atoms with Crippen LogP contribution < -0.4 is 5.32 Å². The van der Waals surface area contributed by atoms with Gasteiger partial charge in [-0.15, -0.1) is 0 Å². The zero-order chi connectivity index (χ0) is 13.9. The Kier molecular flexibility index (Phi) is 4.61. The third kappa shape index (κ3) is 3.78. The Balaban J connectivity index is 1.80. The summed E-state index contributed by atoms with van der Waals surface area (Å²) in [7, 11) is 0. The molecule has 0 radical (unpaired) electrons. The van der Waals surface area contributed by atoms with Gasteiger partial charge in [-0.1, -0.05) is 45.0 Å². The average molecular weight is 263 g/mol. The molecule has 0 saturated carbocycles. The van der Waals surface area contributed by atoms with Crippen LogP contribution in [0.4, 0.5) is 0 Å². The molecular formula is C16H25NO2. The van der Waals surface area contributed by atoms with Crippen molar-refractivity contribution >= 4 is 0 Å². The lowest BCUT2D eigenvalue weighted by Gasteiger charge is -2.38. The number of hydrogen-bond acceptors (Lipinski definition) is 3. The van der Waals surface area contributed by atoms with Gasteiger partial charge in [0.25, 0.3) is 0 Å². The van der Waals surface area contributed by atoms with Crippen molar-refractivity contribution in [2.24, 2.45) is 5.41 Å². The quantitative estimate of drug-likeness (QED) is 0.828. The highest BCUT2D eigenvalue weighted by molar-refractivity contribution is 5.26. The van der Waals surface area contributed by atoms with Gasteiger partial charge < -0.3 is 15.2 Å². The molecule has 2 rings (SSSR count). The molecule has 1 saturated heterocycles. The minimum Gasteiger partial charge on any atom is -0.387 e. The van der Waals surface area contributed by atoms with Crippen molar-refractivity contribution in [1.82, 2.24) is 5.32 Å². The molecule has 1 aliphatic heterocycles. The van der Waals surface area contributed by atoms with E-state index in [9.17, 15) is 5.11 Å². The molecule has 106 valence electrons. The molecule has 1 heterocycles. The fourth-order valence-corrected chi connectivity index (χ4v) is 2.28. The molecule has 0 aromatic heterocycles. The molecule has 1 aliphatic rings. The Morgan fingerprint density at radius 1 is 1.21 bits per heavy atom. The first-order chi connectivity index (χ1) is 9.00. The second-order valence-electron chi connectivity index (χ2n) is 6.27. The van der Waals surface area contributed by atoms with E-state index in [1.165, 1.54) is 5.56 Å². The van der Waals surface area contributed by atoms with Crippen LogP contribution in [0.1, 0.15) is 43.9 Å². The van der Waals surface area contributed by atoms with Crippen LogP contribution in [-0.2, 0) is 4.74 Å². The summed E-state index contributed by atoms with van der Waals surface area (Å²) in [4.78, 5) is 0. The van der Waals surface area contributed by atoms with Crippen LogP contribution in [0, 0.1) is 5.41 Å². The maximum atomic E-state index is 10.1. The largest absolute Gasteiger partial charge is 0.387 e. The van der Waals surface area contributed by atoms with Crippen molar-refractivity contribution in [2.45, 2.75) is 32.8 Å². The summed E-state index contributed by atoms with van der Waals surface area (Å²) >= 11 is 0. The van der Waals surface area contributed by atoms with Crippen molar-refractivity contribution in [3.05, 3.63) is 35.4 Å². The summed E-state index contributed by atoms with van der Waals surface area (Å²) in [6.45, 7) is 9.68. The van der Waals surface area contributed by atoms with E-state index in [0.717, 1.165) is 25.3 Å². The number of aliphatic hydroxyl groups is 1. The van der Waals surface area contributed by atoms with E-state index in [-0.39, 0.29) is 5.41 Å². The van der Waals surface area contributed by atoms with E-state index < -0.39 is 6.10 Å². The van der Waals surface area contributed by atoms with E-state index in [2.05, 4.69) is 38.2 Å². The molecule has 0 aliphatic carbocycles. The second-order valence-corrected chi connectivity index (χ2v) is 6.27. The van der Waals surface area contributed by atoms with E-state index in [1.54, 1.807) is 0 Å². The molecule has 2 N–H and O–H groups in total. The Hall–Kier alpha value is -0.900. The second kappa shape index (κ2) is 6.04. The van der Waals surface area contributed by atoms with Gasteiger partial charge in [-0.05, 0) is 17.0 Å².